The first-order chi connectivity index (χ1) is 8.44. The molecule has 0 aliphatic rings. The fourth-order valence-electron chi connectivity index (χ4n) is 1.76. The summed E-state index contributed by atoms with van der Waals surface area (Å²) in [5.41, 5.74) is 0.148. The van der Waals surface area contributed by atoms with Crippen LogP contribution in [-0.2, 0) is 6.54 Å². The van der Waals surface area contributed by atoms with Gasteiger partial charge in [0, 0.05) is 24.6 Å². The van der Waals surface area contributed by atoms with E-state index >= 15 is 0 Å². The molecule has 0 aliphatic heterocycles. The van der Waals surface area contributed by atoms with E-state index in [4.69, 9.17) is 10.2 Å². The molecule has 102 valence electrons. The van der Waals surface area contributed by atoms with Gasteiger partial charge in [-0.2, -0.15) is 0 Å². The summed E-state index contributed by atoms with van der Waals surface area (Å²) in [4.78, 5) is 12.1. The van der Waals surface area contributed by atoms with Gasteiger partial charge in [0.25, 0.3) is 0 Å². The van der Waals surface area contributed by atoms with Crippen LogP contribution in [-0.4, -0.2) is 29.3 Å². The number of carbonyl (C=O) groups is 1. The largest absolute Gasteiger partial charge is 0.477 e. The second-order valence-corrected chi connectivity index (χ2v) is 6.33. The molecule has 4 nitrogen and oxygen atoms in total. The van der Waals surface area contributed by atoms with Crippen LogP contribution in [0.3, 0.4) is 0 Å². The highest BCUT2D eigenvalue weighted by Crippen LogP contribution is 2.21. The summed E-state index contributed by atoms with van der Waals surface area (Å²) in [6.07, 6.45) is 1.79. The van der Waals surface area contributed by atoms with E-state index in [1.54, 1.807) is 6.07 Å². The zero-order valence-electron chi connectivity index (χ0n) is 10.9. The van der Waals surface area contributed by atoms with Crippen molar-refractivity contribution < 1.29 is 15.0 Å². The lowest BCUT2D eigenvalue weighted by Crippen LogP contribution is -2.29. The molecule has 0 aliphatic carbocycles. The van der Waals surface area contributed by atoms with E-state index in [0.717, 1.165) is 24.3 Å². The van der Waals surface area contributed by atoms with Crippen LogP contribution in [0.15, 0.2) is 12.1 Å². The average molecular weight is 271 g/mol. The summed E-state index contributed by atoms with van der Waals surface area (Å²) in [6, 6.07) is 3.49. The first kappa shape index (κ1) is 15.1. The van der Waals surface area contributed by atoms with Crippen LogP contribution >= 0.6 is 11.3 Å². The van der Waals surface area contributed by atoms with Gasteiger partial charge in [0.1, 0.15) is 4.88 Å². The Hall–Kier alpha value is -0.910. The third-order valence-electron chi connectivity index (χ3n) is 2.79. The van der Waals surface area contributed by atoms with Crippen LogP contribution in [0.1, 0.15) is 41.2 Å². The predicted molar refractivity (Wildman–Crippen MR) is 73.1 cm³/mol. The molecule has 3 N–H and O–H groups in total. The number of aliphatic hydroxyl groups is 1. The molecule has 0 saturated heterocycles. The molecule has 1 aromatic rings. The molecule has 0 fully saturated rings. The molecule has 1 aromatic heterocycles. The van der Waals surface area contributed by atoms with Crippen molar-refractivity contribution in [2.75, 3.05) is 13.2 Å². The van der Waals surface area contributed by atoms with Gasteiger partial charge in [-0.3, -0.25) is 0 Å². The molecule has 0 unspecified atom stereocenters. The molecule has 0 atom stereocenters. The monoisotopic (exact) mass is 271 g/mol. The molecule has 1 heterocycles. The Morgan fingerprint density at radius 3 is 2.72 bits per heavy atom. The van der Waals surface area contributed by atoms with Crippen molar-refractivity contribution in [2.45, 2.75) is 33.2 Å². The maximum atomic E-state index is 10.7. The van der Waals surface area contributed by atoms with Gasteiger partial charge in [-0.05, 0) is 30.4 Å². The molecular weight excluding hydrogens is 250 g/mol. The molecule has 5 heteroatoms. The number of thiophene rings is 1. The van der Waals surface area contributed by atoms with Crippen molar-refractivity contribution in [1.29, 1.82) is 0 Å². The van der Waals surface area contributed by atoms with Crippen LogP contribution in [0.2, 0.25) is 0 Å². The minimum atomic E-state index is -0.866. The third kappa shape index (κ3) is 5.16. The van der Waals surface area contributed by atoms with Gasteiger partial charge >= 0.3 is 5.97 Å². The van der Waals surface area contributed by atoms with Gasteiger partial charge in [0.15, 0.2) is 0 Å². The van der Waals surface area contributed by atoms with Gasteiger partial charge in [0.05, 0.1) is 0 Å². The molecular formula is C13H21NO3S. The summed E-state index contributed by atoms with van der Waals surface area (Å²) >= 11 is 1.31. The fourth-order valence-corrected chi connectivity index (χ4v) is 2.57. The van der Waals surface area contributed by atoms with Crippen LogP contribution in [0.25, 0.3) is 0 Å². The lowest BCUT2D eigenvalue weighted by atomic mass is 9.88. The number of aliphatic hydroxyl groups excluding tert-OH is 1. The van der Waals surface area contributed by atoms with E-state index in [2.05, 4.69) is 19.2 Å². The highest BCUT2D eigenvalue weighted by Gasteiger charge is 2.16. The smallest absolute Gasteiger partial charge is 0.345 e. The van der Waals surface area contributed by atoms with Crippen LogP contribution in [0.4, 0.5) is 0 Å². The van der Waals surface area contributed by atoms with E-state index in [1.807, 2.05) is 6.07 Å². The molecule has 0 aromatic carbocycles. The second kappa shape index (κ2) is 6.87. The molecule has 0 saturated carbocycles. The number of rotatable bonds is 8. The first-order valence-corrected chi connectivity index (χ1v) is 6.90. The highest BCUT2D eigenvalue weighted by atomic mass is 32.1. The summed E-state index contributed by atoms with van der Waals surface area (Å²) in [6.45, 7) is 6.10. The third-order valence-corrected chi connectivity index (χ3v) is 3.86. The zero-order chi connectivity index (χ0) is 13.6. The SMILES string of the molecule is CC(C)(CCCO)CNCc1ccc(C(=O)O)s1. The van der Waals surface area contributed by atoms with Crippen LogP contribution in [0.5, 0.6) is 0 Å². The van der Waals surface area contributed by atoms with E-state index in [0.29, 0.717) is 11.4 Å². The number of hydrogen-bond acceptors (Lipinski definition) is 4. The number of carboxylic acid groups (broad SMARTS) is 1. The predicted octanol–water partition coefficient (Wildman–Crippen LogP) is 2.33. The molecule has 0 spiro atoms. The van der Waals surface area contributed by atoms with E-state index in [-0.39, 0.29) is 12.0 Å². The van der Waals surface area contributed by atoms with Crippen molar-refractivity contribution in [3.8, 4) is 0 Å². The van der Waals surface area contributed by atoms with E-state index < -0.39 is 5.97 Å². The van der Waals surface area contributed by atoms with Crippen molar-refractivity contribution in [3.05, 3.63) is 21.9 Å². The number of hydrogen-bond donors (Lipinski definition) is 3. The van der Waals surface area contributed by atoms with Crippen molar-refractivity contribution in [2.24, 2.45) is 5.41 Å². The Balaban J connectivity index is 2.34. The summed E-state index contributed by atoms with van der Waals surface area (Å²) in [5, 5.41) is 21.0. The standard InChI is InChI=1S/C13H21NO3S/c1-13(2,6-3-7-15)9-14-8-10-4-5-11(18-10)12(16)17/h4-5,14-15H,3,6-9H2,1-2H3,(H,16,17). The zero-order valence-corrected chi connectivity index (χ0v) is 11.7. The van der Waals surface area contributed by atoms with Crippen LogP contribution < -0.4 is 5.32 Å². The average Bonchev–Trinajstić information content (AvgIpc) is 2.75. The molecule has 0 radical (unpaired) electrons. The highest BCUT2D eigenvalue weighted by molar-refractivity contribution is 7.13. The van der Waals surface area contributed by atoms with Gasteiger partial charge in [-0.1, -0.05) is 13.8 Å². The van der Waals surface area contributed by atoms with Crippen molar-refractivity contribution in [3.63, 3.8) is 0 Å². The Labute approximate surface area is 112 Å². The van der Waals surface area contributed by atoms with Crippen molar-refractivity contribution >= 4 is 17.3 Å². The van der Waals surface area contributed by atoms with E-state index in [9.17, 15) is 4.79 Å². The minimum Gasteiger partial charge on any atom is -0.477 e. The molecule has 0 bridgehead atoms. The van der Waals surface area contributed by atoms with Gasteiger partial charge in [0.2, 0.25) is 0 Å². The van der Waals surface area contributed by atoms with Crippen LogP contribution in [0, 0.1) is 5.41 Å². The quantitative estimate of drug-likeness (QED) is 0.679. The number of aromatic carboxylic acids is 1. The van der Waals surface area contributed by atoms with Gasteiger partial charge < -0.3 is 15.5 Å². The summed E-state index contributed by atoms with van der Waals surface area (Å²) < 4.78 is 0. The number of nitrogens with one attached hydrogen (secondary N) is 1. The molecule has 1 rings (SSSR count). The second-order valence-electron chi connectivity index (χ2n) is 5.17. The lowest BCUT2D eigenvalue weighted by Gasteiger charge is -2.24. The first-order valence-electron chi connectivity index (χ1n) is 6.08. The molecule has 18 heavy (non-hydrogen) atoms. The van der Waals surface area contributed by atoms with Crippen molar-refractivity contribution in [1.82, 2.24) is 5.32 Å². The maximum Gasteiger partial charge on any atom is 0.345 e. The minimum absolute atomic E-state index is 0.148. The summed E-state index contributed by atoms with van der Waals surface area (Å²) in [5.74, 6) is -0.866. The summed E-state index contributed by atoms with van der Waals surface area (Å²) in [7, 11) is 0. The normalized spacial score (nSPS) is 11.7. The maximum absolute atomic E-state index is 10.7. The van der Waals surface area contributed by atoms with Gasteiger partial charge in [-0.25, -0.2) is 4.79 Å². The Kier molecular flexibility index (Phi) is 5.78. The Bertz CT molecular complexity index is 387. The fraction of sp³-hybridized carbons (Fsp3) is 0.615. The lowest BCUT2D eigenvalue weighted by molar-refractivity contribution is 0.0702. The number of carboxylic acids is 1. The van der Waals surface area contributed by atoms with E-state index in [1.165, 1.54) is 11.3 Å². The topological polar surface area (TPSA) is 69.6 Å². The Morgan fingerprint density at radius 1 is 1.44 bits per heavy atom. The molecule has 0 amide bonds. The van der Waals surface area contributed by atoms with Gasteiger partial charge in [-0.15, -0.1) is 11.3 Å². The Morgan fingerprint density at radius 2 is 2.17 bits per heavy atom.